The average molecular weight is 905 g/mol. The van der Waals surface area contributed by atoms with Gasteiger partial charge in [0.15, 0.2) is 8.07 Å². The molecule has 0 bridgehead atoms. The third kappa shape index (κ3) is 6.54. The second-order valence-corrected chi connectivity index (χ2v) is 21.1. The van der Waals surface area contributed by atoms with Crippen LogP contribution >= 0.6 is 0 Å². The number of hydrogen-bond donors (Lipinski definition) is 0. The van der Waals surface area contributed by atoms with Gasteiger partial charge < -0.3 is 9.13 Å². The number of benzene rings is 11. The first-order valence-corrected chi connectivity index (χ1v) is 25.0. The van der Waals surface area contributed by atoms with Crippen molar-refractivity contribution in [2.24, 2.45) is 0 Å². The van der Waals surface area contributed by atoms with Crippen LogP contribution in [0.5, 0.6) is 0 Å². The van der Waals surface area contributed by atoms with Crippen LogP contribution < -0.4 is 20.7 Å². The van der Waals surface area contributed by atoms with E-state index in [1.165, 1.54) is 0 Å². The summed E-state index contributed by atoms with van der Waals surface area (Å²) in [4.78, 5) is 0. The highest BCUT2D eigenvalue weighted by atomic mass is 28.3. The minimum absolute atomic E-state index is 0.0687. The van der Waals surface area contributed by atoms with Crippen molar-refractivity contribution in [2.75, 3.05) is 0 Å². The molecule has 2 nitrogen and oxygen atoms in total. The highest BCUT2D eigenvalue weighted by Crippen LogP contribution is 2.44. The normalized spacial score (nSPS) is 13.8. The summed E-state index contributed by atoms with van der Waals surface area (Å²) >= 11 is 0. The van der Waals surface area contributed by atoms with Crippen molar-refractivity contribution in [1.82, 2.24) is 9.13 Å². The summed E-state index contributed by atoms with van der Waals surface area (Å²) in [6, 6.07) is 70.3. The van der Waals surface area contributed by atoms with Gasteiger partial charge in [-0.1, -0.05) is 236 Å². The molecule has 2 aromatic heterocycles. The van der Waals surface area contributed by atoms with E-state index in [9.17, 15) is 2.74 Å². The van der Waals surface area contributed by atoms with Gasteiger partial charge in [-0.3, -0.25) is 0 Å². The van der Waals surface area contributed by atoms with E-state index in [2.05, 4.69) is 132 Å². The molecule has 0 saturated carbocycles. The van der Waals surface area contributed by atoms with Crippen molar-refractivity contribution in [3.63, 3.8) is 0 Å². The fourth-order valence-electron chi connectivity index (χ4n) is 10.8. The van der Waals surface area contributed by atoms with Gasteiger partial charge in [-0.05, 0) is 85.4 Å². The van der Waals surface area contributed by atoms with E-state index in [1.54, 1.807) is 4.57 Å². The monoisotopic (exact) mass is 904 g/mol. The quantitative estimate of drug-likeness (QED) is 0.101. The maximum Gasteiger partial charge on any atom is 0.179 e. The van der Waals surface area contributed by atoms with Crippen LogP contribution in [0, 0.1) is 0 Å². The fraction of sp³-hybridized carbons (Fsp3) is 0. The number of nitrogens with zero attached hydrogens (tertiary/aromatic N) is 2. The molecule has 69 heavy (non-hydrogen) atoms. The average Bonchev–Trinajstić information content (AvgIpc) is 4.17. The van der Waals surface area contributed by atoms with E-state index in [0.717, 1.165) is 75.6 Å². The van der Waals surface area contributed by atoms with Gasteiger partial charge in [0.25, 0.3) is 0 Å². The van der Waals surface area contributed by atoms with Crippen LogP contribution in [-0.2, 0) is 0 Å². The molecule has 324 valence electrons. The van der Waals surface area contributed by atoms with Gasteiger partial charge in [-0.2, -0.15) is 0 Å². The molecule has 0 aliphatic carbocycles. The molecule has 13 rings (SSSR count). The van der Waals surface area contributed by atoms with E-state index in [1.807, 2.05) is 91.0 Å². The Labute approximate surface area is 417 Å². The number of hydrogen-bond acceptors (Lipinski definition) is 0. The third-order valence-corrected chi connectivity index (χ3v) is 18.4. The van der Waals surface area contributed by atoms with E-state index in [-0.39, 0.29) is 35.4 Å². The minimum atomic E-state index is -3.35. The largest absolute Gasteiger partial charge is 0.309 e. The fourth-order valence-corrected chi connectivity index (χ4v) is 15.6. The number of aromatic nitrogens is 2. The molecule has 0 aliphatic rings. The van der Waals surface area contributed by atoms with Crippen molar-refractivity contribution >= 4 is 72.4 Å². The first-order chi connectivity index (χ1) is 38.4. The van der Waals surface area contributed by atoms with Crippen molar-refractivity contribution in [3.05, 3.63) is 279 Å². The van der Waals surface area contributed by atoms with Crippen LogP contribution in [0.1, 0.15) is 13.7 Å². The summed E-state index contributed by atoms with van der Waals surface area (Å²) < 4.78 is 94.2. The second-order valence-electron chi connectivity index (χ2n) is 17.2. The zero-order valence-corrected chi connectivity index (χ0v) is 38.2. The first kappa shape index (κ1) is 31.3. The van der Waals surface area contributed by atoms with Gasteiger partial charge in [-0.15, -0.1) is 0 Å². The van der Waals surface area contributed by atoms with E-state index >= 15 is 0 Å². The zero-order chi connectivity index (χ0) is 54.4. The Balaban J connectivity index is 1.16. The van der Waals surface area contributed by atoms with E-state index < -0.39 is 44.3 Å². The van der Waals surface area contributed by atoms with Gasteiger partial charge in [0, 0.05) is 38.4 Å². The zero-order valence-electron chi connectivity index (χ0n) is 47.2. The number of fused-ring (bicyclic) bond motifs is 6. The van der Waals surface area contributed by atoms with Crippen LogP contribution in [0.2, 0.25) is 0 Å². The van der Waals surface area contributed by atoms with Crippen molar-refractivity contribution in [1.29, 1.82) is 0 Å². The maximum absolute atomic E-state index is 9.75. The van der Waals surface area contributed by atoms with Crippen LogP contribution in [0.15, 0.2) is 279 Å². The summed E-state index contributed by atoms with van der Waals surface area (Å²) in [5.74, 6) is 0. The summed E-state index contributed by atoms with van der Waals surface area (Å²) in [5.41, 5.74) is 7.71. The van der Waals surface area contributed by atoms with Crippen LogP contribution in [-0.4, -0.2) is 17.2 Å². The molecule has 11 aromatic carbocycles. The SMILES string of the molecule is [2H]c1c([2H])c([2H])c(-c2cc([Si](c3ccccc3)(c3ccccc3)c3ccccc3)cc(-c3ccccc3)c2-n2c3ccccc3c3cc(-c4cccc5c4c4ccccc4n5-c4c([2H])c([2H])c([2H])c([2H])c4[2H])ccc32)c([2H])c1[2H]. The summed E-state index contributed by atoms with van der Waals surface area (Å²) in [5, 5.41) is 7.81. The Kier molecular flexibility index (Phi) is 7.63. The summed E-state index contributed by atoms with van der Waals surface area (Å²) in [6.07, 6.45) is 0. The lowest BCUT2D eigenvalue weighted by Crippen LogP contribution is -2.74. The molecule has 0 aliphatic heterocycles. The lowest BCUT2D eigenvalue weighted by molar-refractivity contribution is 1.18. The molecule has 0 spiro atoms. The van der Waals surface area contributed by atoms with E-state index in [0.29, 0.717) is 22.3 Å². The lowest BCUT2D eigenvalue weighted by atomic mass is 9.95. The minimum Gasteiger partial charge on any atom is -0.309 e. The molecule has 0 saturated heterocycles. The predicted octanol–water partition coefficient (Wildman–Crippen LogP) is 14.3. The molecule has 3 heteroatoms. The van der Waals surface area contributed by atoms with Gasteiger partial charge in [-0.25, -0.2) is 0 Å². The predicted molar refractivity (Wildman–Crippen MR) is 295 cm³/mol. The highest BCUT2D eigenvalue weighted by Gasteiger charge is 2.42. The molecule has 0 N–H and O–H groups in total. The maximum atomic E-state index is 9.75. The Morgan fingerprint density at radius 3 is 1.42 bits per heavy atom. The summed E-state index contributed by atoms with van der Waals surface area (Å²) in [6.45, 7) is 0. The molecule has 13 aromatic rings. The molecular weight excluding hydrogens is 849 g/mol. The second kappa shape index (κ2) is 16.8. The Morgan fingerprint density at radius 1 is 0.304 bits per heavy atom. The topological polar surface area (TPSA) is 9.86 Å². The van der Waals surface area contributed by atoms with Crippen molar-refractivity contribution < 1.29 is 13.7 Å². The van der Waals surface area contributed by atoms with Crippen molar-refractivity contribution in [3.8, 4) is 44.8 Å². The third-order valence-electron chi connectivity index (χ3n) is 13.6. The van der Waals surface area contributed by atoms with Crippen LogP contribution in [0.4, 0.5) is 0 Å². The molecule has 0 radical (unpaired) electrons. The number of rotatable bonds is 9. The smallest absolute Gasteiger partial charge is 0.179 e. The highest BCUT2D eigenvalue weighted by molar-refractivity contribution is 7.20. The first-order valence-electron chi connectivity index (χ1n) is 28.0. The Morgan fingerprint density at radius 2 is 0.797 bits per heavy atom. The van der Waals surface area contributed by atoms with Crippen molar-refractivity contribution in [2.45, 2.75) is 0 Å². The molecule has 0 fully saturated rings. The van der Waals surface area contributed by atoms with Gasteiger partial charge in [0.05, 0.1) is 41.5 Å². The lowest BCUT2D eigenvalue weighted by Gasteiger charge is -2.36. The molecule has 0 amide bonds. The van der Waals surface area contributed by atoms with Gasteiger partial charge in [0.1, 0.15) is 0 Å². The molecule has 0 unspecified atom stereocenters. The Hall–Kier alpha value is -8.76. The van der Waals surface area contributed by atoms with Crippen LogP contribution in [0.25, 0.3) is 88.4 Å². The van der Waals surface area contributed by atoms with Gasteiger partial charge in [0.2, 0.25) is 0 Å². The molecular formula is C66H46N2Si. The molecule has 2 heterocycles. The Bertz CT molecular complexity index is 4450. The van der Waals surface area contributed by atoms with Gasteiger partial charge >= 0.3 is 0 Å². The molecule has 0 atom stereocenters. The standard InChI is InChI=1S/C66H46N2Si/c1-7-24-47(25-8-1)58-45-54(69(51-30-13-4-14-31-51,52-32-15-5-16-33-52)53-34-17-6-18-35-53)46-59(48-26-9-2-10-27-48)66(58)68-61-39-21-19-36-56(61)60-44-49(42-43-63(60)68)55-38-23-41-64-65(55)57-37-20-22-40-62(57)67(64)50-28-11-3-12-29-50/h1-46H/i1D,3D,7D,8D,11D,12D,24D,25D,28D,29D. The number of para-hydroxylation sites is 3. The van der Waals surface area contributed by atoms with Crippen LogP contribution in [0.3, 0.4) is 0 Å². The summed E-state index contributed by atoms with van der Waals surface area (Å²) in [7, 11) is -3.35. The van der Waals surface area contributed by atoms with E-state index in [4.69, 9.17) is 11.0 Å².